The van der Waals surface area contributed by atoms with Crippen LogP contribution in [0, 0.1) is 18.3 Å². The topological polar surface area (TPSA) is 63.0 Å². The second-order valence-corrected chi connectivity index (χ2v) is 6.16. The Morgan fingerprint density at radius 1 is 1.48 bits per heavy atom. The first-order valence-electron chi connectivity index (χ1n) is 7.19. The summed E-state index contributed by atoms with van der Waals surface area (Å²) in [6, 6.07) is 9.75. The van der Waals surface area contributed by atoms with Crippen LogP contribution in [0.15, 0.2) is 41.3 Å². The molecule has 0 bridgehead atoms. The molecular weight excluding hydrogens is 308 g/mol. The summed E-state index contributed by atoms with van der Waals surface area (Å²) >= 11 is 1.34. The van der Waals surface area contributed by atoms with Crippen molar-refractivity contribution in [3.05, 3.63) is 57.6 Å². The highest BCUT2D eigenvalue weighted by atomic mass is 32.1. The van der Waals surface area contributed by atoms with Crippen LogP contribution in [0.4, 0.5) is 0 Å². The van der Waals surface area contributed by atoms with E-state index < -0.39 is 5.92 Å². The molecule has 0 saturated carbocycles. The molecule has 0 aliphatic heterocycles. The molecule has 2 aromatic rings. The highest BCUT2D eigenvalue weighted by Crippen LogP contribution is 2.23. The highest BCUT2D eigenvalue weighted by molar-refractivity contribution is 7.10. The van der Waals surface area contributed by atoms with Gasteiger partial charge in [0.05, 0.1) is 13.2 Å². The molecule has 1 aromatic carbocycles. The van der Waals surface area contributed by atoms with Crippen LogP contribution in [0.2, 0.25) is 0 Å². The molecule has 23 heavy (non-hydrogen) atoms. The Bertz CT molecular complexity index is 771. The van der Waals surface area contributed by atoms with E-state index in [0.29, 0.717) is 11.4 Å². The quantitative estimate of drug-likeness (QED) is 0.757. The highest BCUT2D eigenvalue weighted by Gasteiger charge is 2.21. The van der Waals surface area contributed by atoms with Gasteiger partial charge in [-0.15, -0.1) is 11.3 Å². The van der Waals surface area contributed by atoms with Gasteiger partial charge >= 0.3 is 0 Å². The second kappa shape index (κ2) is 7.70. The third-order valence-corrected chi connectivity index (χ3v) is 4.38. The van der Waals surface area contributed by atoms with Crippen molar-refractivity contribution in [3.63, 3.8) is 0 Å². The van der Waals surface area contributed by atoms with Gasteiger partial charge in [-0.3, -0.25) is 4.79 Å². The van der Waals surface area contributed by atoms with E-state index in [0.717, 1.165) is 22.6 Å². The number of methoxy groups -OCH3 is 1. The van der Waals surface area contributed by atoms with E-state index in [1.807, 2.05) is 43.5 Å². The monoisotopic (exact) mass is 326 g/mol. The van der Waals surface area contributed by atoms with Crippen LogP contribution in [0.3, 0.4) is 0 Å². The number of allylic oxidation sites excluding steroid dienone is 2. The molecule has 0 aliphatic carbocycles. The molecule has 5 heteroatoms. The van der Waals surface area contributed by atoms with E-state index in [-0.39, 0.29) is 5.78 Å². The molecule has 0 radical (unpaired) electrons. The lowest BCUT2D eigenvalue weighted by molar-refractivity contribution is -0.114. The molecule has 1 aromatic heterocycles. The van der Waals surface area contributed by atoms with Crippen molar-refractivity contribution in [3.8, 4) is 11.8 Å². The SMILES string of the molecule is COc1ccccc1CC(C)=CC(=O)C(C#N)c1nc(C)cs1. The van der Waals surface area contributed by atoms with Gasteiger partial charge in [-0.25, -0.2) is 4.98 Å². The van der Waals surface area contributed by atoms with Gasteiger partial charge in [0, 0.05) is 11.1 Å². The average molecular weight is 326 g/mol. The van der Waals surface area contributed by atoms with Crippen molar-refractivity contribution < 1.29 is 9.53 Å². The van der Waals surface area contributed by atoms with Gasteiger partial charge in [-0.1, -0.05) is 23.8 Å². The first kappa shape index (κ1) is 16.9. The number of benzene rings is 1. The normalized spacial score (nSPS) is 12.5. The standard InChI is InChI=1S/C18H18N2O2S/c1-12(8-14-6-4-5-7-17(14)22-3)9-16(21)15(10-19)18-20-13(2)11-23-18/h4-7,9,11,15H,8H2,1-3H3. The van der Waals surface area contributed by atoms with Crippen LogP contribution < -0.4 is 4.74 Å². The van der Waals surface area contributed by atoms with Gasteiger partial charge in [0.2, 0.25) is 0 Å². The first-order valence-corrected chi connectivity index (χ1v) is 8.07. The summed E-state index contributed by atoms with van der Waals surface area (Å²) in [4.78, 5) is 16.6. The largest absolute Gasteiger partial charge is 0.496 e. The molecule has 0 saturated heterocycles. The number of hydrogen-bond acceptors (Lipinski definition) is 5. The number of hydrogen-bond donors (Lipinski definition) is 0. The number of carbonyl (C=O) groups is 1. The third kappa shape index (κ3) is 4.27. The zero-order chi connectivity index (χ0) is 16.8. The fraction of sp³-hybridized carbons (Fsp3) is 0.278. The Morgan fingerprint density at radius 2 is 2.22 bits per heavy atom. The molecule has 118 valence electrons. The van der Waals surface area contributed by atoms with Gasteiger partial charge in [-0.05, 0) is 38.0 Å². The van der Waals surface area contributed by atoms with Gasteiger partial charge in [0.1, 0.15) is 10.8 Å². The Balaban J connectivity index is 2.16. The lowest BCUT2D eigenvalue weighted by Crippen LogP contribution is -2.09. The Morgan fingerprint density at radius 3 is 2.83 bits per heavy atom. The van der Waals surface area contributed by atoms with Gasteiger partial charge in [0.15, 0.2) is 11.7 Å². The maximum Gasteiger partial charge on any atom is 0.179 e. The molecule has 0 aliphatic rings. The molecule has 2 rings (SSSR count). The fourth-order valence-electron chi connectivity index (χ4n) is 2.27. The summed E-state index contributed by atoms with van der Waals surface area (Å²) < 4.78 is 5.32. The minimum absolute atomic E-state index is 0.228. The van der Waals surface area contributed by atoms with Crippen LogP contribution in [-0.2, 0) is 11.2 Å². The summed E-state index contributed by atoms with van der Waals surface area (Å²) in [5.41, 5.74) is 2.72. The summed E-state index contributed by atoms with van der Waals surface area (Å²) in [5.74, 6) is -0.268. The zero-order valence-corrected chi connectivity index (χ0v) is 14.2. The van der Waals surface area contributed by atoms with E-state index in [1.54, 1.807) is 7.11 Å². The van der Waals surface area contributed by atoms with E-state index in [4.69, 9.17) is 4.74 Å². The van der Waals surface area contributed by atoms with E-state index in [9.17, 15) is 10.1 Å². The van der Waals surface area contributed by atoms with Gasteiger partial charge < -0.3 is 4.74 Å². The summed E-state index contributed by atoms with van der Waals surface area (Å²) in [6.45, 7) is 3.73. The van der Waals surface area contributed by atoms with Crippen LogP contribution in [-0.4, -0.2) is 17.9 Å². The van der Waals surface area contributed by atoms with Crippen molar-refractivity contribution in [1.82, 2.24) is 4.98 Å². The maximum absolute atomic E-state index is 12.4. The lowest BCUT2D eigenvalue weighted by atomic mass is 10.0. The number of nitrogens with zero attached hydrogens (tertiary/aromatic N) is 2. The van der Waals surface area contributed by atoms with E-state index in [2.05, 4.69) is 11.1 Å². The first-order chi connectivity index (χ1) is 11.0. The number of aromatic nitrogens is 1. The summed E-state index contributed by atoms with van der Waals surface area (Å²) in [7, 11) is 1.62. The van der Waals surface area contributed by atoms with Crippen LogP contribution in [0.1, 0.15) is 29.1 Å². The molecule has 0 amide bonds. The Hall–Kier alpha value is -2.45. The van der Waals surface area contributed by atoms with E-state index >= 15 is 0 Å². The number of ether oxygens (including phenoxy) is 1. The molecule has 1 heterocycles. The average Bonchev–Trinajstić information content (AvgIpc) is 2.94. The minimum atomic E-state index is -0.832. The number of para-hydroxylation sites is 1. The van der Waals surface area contributed by atoms with Crippen LogP contribution in [0.25, 0.3) is 0 Å². The molecule has 0 spiro atoms. The number of thiazole rings is 1. The fourth-order valence-corrected chi connectivity index (χ4v) is 3.12. The van der Waals surface area contributed by atoms with Gasteiger partial charge in [0.25, 0.3) is 0 Å². The molecule has 0 fully saturated rings. The van der Waals surface area contributed by atoms with Crippen molar-refractivity contribution in [1.29, 1.82) is 5.26 Å². The molecule has 1 atom stereocenters. The van der Waals surface area contributed by atoms with E-state index in [1.165, 1.54) is 17.4 Å². The third-order valence-electron chi connectivity index (χ3n) is 3.35. The Kier molecular flexibility index (Phi) is 5.67. The second-order valence-electron chi connectivity index (χ2n) is 5.27. The number of carbonyl (C=O) groups excluding carboxylic acids is 1. The summed E-state index contributed by atoms with van der Waals surface area (Å²) in [5, 5.41) is 11.7. The smallest absolute Gasteiger partial charge is 0.179 e. The predicted octanol–water partition coefficient (Wildman–Crippen LogP) is 3.83. The number of rotatable bonds is 6. The molecular formula is C18H18N2O2S. The lowest BCUT2D eigenvalue weighted by Gasteiger charge is -2.08. The maximum atomic E-state index is 12.4. The van der Waals surface area contributed by atoms with Crippen molar-refractivity contribution in [2.75, 3.05) is 7.11 Å². The summed E-state index contributed by atoms with van der Waals surface area (Å²) in [6.07, 6.45) is 2.14. The number of aryl methyl sites for hydroxylation is 1. The van der Waals surface area contributed by atoms with Crippen LogP contribution in [0.5, 0.6) is 5.75 Å². The van der Waals surface area contributed by atoms with Crippen molar-refractivity contribution in [2.45, 2.75) is 26.2 Å². The van der Waals surface area contributed by atoms with Crippen LogP contribution >= 0.6 is 11.3 Å². The number of ketones is 1. The molecule has 0 N–H and O–H groups in total. The van der Waals surface area contributed by atoms with Crippen molar-refractivity contribution >= 4 is 17.1 Å². The van der Waals surface area contributed by atoms with Gasteiger partial charge in [-0.2, -0.15) is 5.26 Å². The molecule has 1 unspecified atom stereocenters. The number of nitriles is 1. The minimum Gasteiger partial charge on any atom is -0.496 e. The van der Waals surface area contributed by atoms with Crippen molar-refractivity contribution in [2.24, 2.45) is 0 Å². The molecule has 4 nitrogen and oxygen atoms in total. The zero-order valence-electron chi connectivity index (χ0n) is 13.4. The predicted molar refractivity (Wildman–Crippen MR) is 90.7 cm³/mol. The Labute approximate surface area is 140 Å².